The Labute approximate surface area is 525 Å². The fraction of sp³-hybridized carbons (Fsp3) is 0.500. The Bertz CT molecular complexity index is 2760. The molecule has 0 aliphatic carbocycles. The molecule has 83 heavy (non-hydrogen) atoms. The van der Waals surface area contributed by atoms with Gasteiger partial charge in [-0.1, -0.05) is 86.1 Å². The van der Waals surface area contributed by atoms with Gasteiger partial charge in [0.25, 0.3) is 5.69 Å². The molecule has 1 unspecified atom stereocenters. The van der Waals surface area contributed by atoms with Crippen LogP contribution in [0.5, 0.6) is 0 Å². The van der Waals surface area contributed by atoms with Crippen molar-refractivity contribution in [2.45, 2.75) is 84.3 Å². The van der Waals surface area contributed by atoms with Gasteiger partial charge in [-0.05, 0) is 113 Å². The first kappa shape index (κ1) is 79.5. The summed E-state index contributed by atoms with van der Waals surface area (Å²) in [6, 6.07) is 27.0. The molecule has 0 saturated carbocycles. The molecular weight excluding hydrogens is 1400 g/mol. The minimum atomic E-state index is -3.03. The summed E-state index contributed by atoms with van der Waals surface area (Å²) in [7, 11) is 1.17. The third-order valence-electron chi connectivity index (χ3n) is 12.0. The summed E-state index contributed by atoms with van der Waals surface area (Å²) in [5, 5.41) is 24.0. The number of rotatable bonds is 12. The number of sulfone groups is 3. The van der Waals surface area contributed by atoms with Crippen molar-refractivity contribution >= 4 is 136 Å². The van der Waals surface area contributed by atoms with Gasteiger partial charge in [0.05, 0.1) is 75.0 Å². The van der Waals surface area contributed by atoms with E-state index in [0.29, 0.717) is 18.8 Å². The molecule has 4 aromatic rings. The number of aryl methyl sites for hydroxylation is 2. The van der Waals surface area contributed by atoms with Crippen LogP contribution in [0.15, 0.2) is 107 Å². The van der Waals surface area contributed by atoms with Crippen molar-refractivity contribution in [2.24, 2.45) is 33.5 Å². The van der Waals surface area contributed by atoms with E-state index in [1.165, 1.54) is 62.5 Å². The van der Waals surface area contributed by atoms with E-state index in [4.69, 9.17) is 52.5 Å². The van der Waals surface area contributed by atoms with Crippen LogP contribution in [0.4, 0.5) is 21.5 Å². The topological polar surface area (TPSA) is 314 Å². The van der Waals surface area contributed by atoms with Crippen LogP contribution in [-0.2, 0) is 55.5 Å². The second-order valence-electron chi connectivity index (χ2n) is 18.7. The third-order valence-corrected chi connectivity index (χ3v) is 18.4. The SMILES string of the molecule is Br.CCOOC=NC1CS(=O)(=O)C[C@H]1Cl.CCOOC=N[C@@H]1CS(=O)(=O)C[C@H]1C.C[C@@H]1CS(=O)(=O)C[C@H]1N.Cc1ccccc1N.Cc1ccccc1[N+](=O)[O-].Clc1ccc(CC2CCNCC2)cc1.O=[N+]([O-])c1ccccc1F.[Cl][Sn][Cl]. The van der Waals surface area contributed by atoms with Gasteiger partial charge in [-0.2, -0.15) is 14.2 Å². The van der Waals surface area contributed by atoms with E-state index in [-0.39, 0.29) is 86.0 Å². The van der Waals surface area contributed by atoms with E-state index in [1.54, 1.807) is 39.0 Å². The van der Waals surface area contributed by atoms with Crippen molar-refractivity contribution in [3.63, 3.8) is 0 Å². The zero-order valence-electron chi connectivity index (χ0n) is 46.8. The van der Waals surface area contributed by atoms with Crippen molar-refractivity contribution in [1.29, 1.82) is 0 Å². The van der Waals surface area contributed by atoms with E-state index in [9.17, 15) is 49.9 Å². The van der Waals surface area contributed by atoms with Gasteiger partial charge in [-0.3, -0.25) is 25.2 Å². The molecule has 21 nitrogen and oxygen atoms in total. The summed E-state index contributed by atoms with van der Waals surface area (Å²) in [5.41, 5.74) is 14.8. The Hall–Kier alpha value is -3.52. The number of nitrogens with two attached hydrogens (primary N) is 2. The molecule has 4 fully saturated rings. The molecule has 0 bridgehead atoms. The number of alkyl halides is 1. The summed E-state index contributed by atoms with van der Waals surface area (Å²) in [4.78, 5) is 45.1. The maximum atomic E-state index is 12.4. The number of halogens is 6. The number of hydrogen-bond donors (Lipinski definition) is 3. The van der Waals surface area contributed by atoms with Gasteiger partial charge < -0.3 is 26.6 Å². The second-order valence-corrected chi connectivity index (χ2v) is 30.4. The molecule has 4 heterocycles. The van der Waals surface area contributed by atoms with E-state index >= 15 is 0 Å². The van der Waals surface area contributed by atoms with Crippen molar-refractivity contribution < 1.29 is 59.0 Å². The van der Waals surface area contributed by atoms with Crippen molar-refractivity contribution in [2.75, 3.05) is 66.6 Å². The molecular formula is C52H75BrCl4FN7O14S3Sn. The van der Waals surface area contributed by atoms with Crippen LogP contribution >= 0.6 is 58.0 Å². The van der Waals surface area contributed by atoms with Crippen molar-refractivity contribution in [3.8, 4) is 0 Å². The normalized spacial score (nSPS) is 21.3. The van der Waals surface area contributed by atoms with Gasteiger partial charge >= 0.3 is 42.4 Å². The monoisotopic (exact) mass is 1480 g/mol. The Kier molecular flexibility index (Phi) is 41.3. The molecule has 8 rings (SSSR count). The molecule has 4 aliphatic rings. The van der Waals surface area contributed by atoms with Gasteiger partial charge in [-0.25, -0.2) is 30.2 Å². The number of nitro groups is 2. The molecule has 4 aliphatic heterocycles. The maximum absolute atomic E-state index is 12.4. The number of nitrogen functional groups attached to an aromatic ring is 1. The number of anilines is 1. The Morgan fingerprint density at radius 1 is 0.687 bits per heavy atom. The molecule has 4 aromatic carbocycles. The molecule has 0 amide bonds. The molecule has 5 N–H and O–H groups in total. The fourth-order valence-electron chi connectivity index (χ4n) is 7.56. The number of benzene rings is 4. The predicted molar refractivity (Wildman–Crippen MR) is 337 cm³/mol. The first-order chi connectivity index (χ1) is 38.6. The van der Waals surface area contributed by atoms with Gasteiger partial charge in [0.1, 0.15) is 0 Å². The summed E-state index contributed by atoms with van der Waals surface area (Å²) in [5.74, 6) is 0.992. The quantitative estimate of drug-likeness (QED) is 0.0137. The molecule has 4 saturated heterocycles. The van der Waals surface area contributed by atoms with Crippen molar-refractivity contribution in [1.82, 2.24) is 5.32 Å². The summed E-state index contributed by atoms with van der Waals surface area (Å²) in [6.07, 6.45) is 6.08. The van der Waals surface area contributed by atoms with Crippen molar-refractivity contribution in [3.05, 3.63) is 145 Å². The summed E-state index contributed by atoms with van der Waals surface area (Å²) < 4.78 is 78.5. The van der Waals surface area contributed by atoms with E-state index < -0.39 is 76.2 Å². The number of nitro benzene ring substituents is 2. The fourth-order valence-corrected chi connectivity index (χ4v) is 14.4. The van der Waals surface area contributed by atoms with Gasteiger partial charge in [0, 0.05) is 34.4 Å². The first-order valence-corrected chi connectivity index (χ1v) is 39.0. The van der Waals surface area contributed by atoms with E-state index in [1.807, 2.05) is 57.2 Å². The number of hydrogen-bond acceptors (Lipinski definition) is 19. The first-order valence-electron chi connectivity index (χ1n) is 25.5. The standard InChI is InChI=1S/C12H16ClN.C8H15NO4S.C7H12ClNO4S.C7H7NO2.C7H9N.C6H4FNO2.C5H11NO2S.BrH.2ClH.Sn/c13-12-3-1-10(2-4-12)9-11-5-7-14-8-6-11;1-3-12-13-6-9-8-5-14(10,11)4-7(8)2;1-2-12-13-5-9-7-4-14(10,11)3-6(7)8;1-6-4-2-3-5-7(6)8(9)10;1-6-4-2-3-5-7(6)8;7-5-3-1-2-4-6(5)8(9)10;1-4-2-9(7,8)3-5(4)6;;;;/h1-4,11,14H,5-9H2;6-8H,3-5H2,1-2H3;5-7H,2-4H2,1H3;2-5H,1H3;2-5H,8H2,1H3;1-4H;4-5H,2-3,6H2,1H3;3*1H;/q;;;;;;;;;;+2/p-2/t;7-,8-;6-,7?;;;;4-,5-;;;;/m.11...1..../s1. The van der Waals surface area contributed by atoms with Gasteiger partial charge in [0.15, 0.2) is 29.5 Å². The second kappa shape index (κ2) is 43.2. The van der Waals surface area contributed by atoms with Crippen LogP contribution in [0.1, 0.15) is 57.2 Å². The van der Waals surface area contributed by atoms with Crippen LogP contribution in [0, 0.1) is 57.6 Å². The van der Waals surface area contributed by atoms with Crippen LogP contribution in [0.25, 0.3) is 0 Å². The molecule has 466 valence electrons. The molecule has 0 spiro atoms. The Balaban J connectivity index is 0.000000943. The molecule has 0 aromatic heterocycles. The van der Waals surface area contributed by atoms with E-state index in [2.05, 4.69) is 47.0 Å². The summed E-state index contributed by atoms with van der Waals surface area (Å²) in [6.45, 7) is 14.2. The zero-order valence-corrected chi connectivity index (χ0v) is 56.8. The van der Waals surface area contributed by atoms with Crippen LogP contribution in [0.2, 0.25) is 5.02 Å². The predicted octanol–water partition coefficient (Wildman–Crippen LogP) is 9.85. The number of aliphatic imine (C=N–C) groups is 2. The third kappa shape index (κ3) is 35.6. The number of nitrogens with one attached hydrogen (secondary N) is 1. The van der Waals surface area contributed by atoms with Crippen LogP contribution in [-0.4, -0.2) is 151 Å². The Morgan fingerprint density at radius 2 is 1.13 bits per heavy atom. The van der Waals surface area contributed by atoms with Crippen LogP contribution in [0.3, 0.4) is 0 Å². The number of piperidine rings is 1. The van der Waals surface area contributed by atoms with Crippen LogP contribution < -0.4 is 16.8 Å². The van der Waals surface area contributed by atoms with Gasteiger partial charge in [-0.15, -0.1) is 28.6 Å². The molecule has 2 radical (unpaired) electrons. The summed E-state index contributed by atoms with van der Waals surface area (Å²) >= 11 is 10.8. The molecule has 6 atom stereocenters. The zero-order chi connectivity index (χ0) is 61.9. The van der Waals surface area contributed by atoms with E-state index in [0.717, 1.165) is 40.7 Å². The number of nitrogens with zero attached hydrogens (tertiary/aromatic N) is 4. The minimum absolute atomic E-state index is 0. The number of para-hydroxylation sites is 3. The van der Waals surface area contributed by atoms with Gasteiger partial charge in [0.2, 0.25) is 18.6 Å². The average Bonchev–Trinajstić information content (AvgIpc) is 4.05. The Morgan fingerprint density at radius 3 is 1.49 bits per heavy atom. The average molecular weight is 1480 g/mol. The molecule has 31 heteroatoms.